The van der Waals surface area contributed by atoms with Crippen LogP contribution in [-0.4, -0.2) is 19.4 Å². The van der Waals surface area contributed by atoms with Crippen molar-refractivity contribution in [3.8, 4) is 0 Å². The monoisotopic (exact) mass is 218 g/mol. The summed E-state index contributed by atoms with van der Waals surface area (Å²) in [6.07, 6.45) is 6.42. The molecule has 0 atom stereocenters. The maximum atomic E-state index is 10.2. The molecule has 0 unspecified atom stereocenters. The molecule has 0 amide bonds. The van der Waals surface area contributed by atoms with Crippen LogP contribution in [0.4, 0.5) is 4.79 Å². The van der Waals surface area contributed by atoms with Crippen LogP contribution in [0.1, 0.15) is 59.8 Å². The van der Waals surface area contributed by atoms with Crippen LogP contribution in [0.3, 0.4) is 0 Å². The summed E-state index contributed by atoms with van der Waals surface area (Å²) in [5.74, 6) is 0. The van der Waals surface area contributed by atoms with E-state index in [2.05, 4.69) is 23.3 Å². The molecule has 0 aliphatic carbocycles. The van der Waals surface area contributed by atoms with E-state index in [1.54, 1.807) is 13.8 Å². The summed E-state index contributed by atoms with van der Waals surface area (Å²) in [7, 11) is 0. The van der Waals surface area contributed by atoms with Gasteiger partial charge in [0.1, 0.15) is 0 Å². The van der Waals surface area contributed by atoms with Gasteiger partial charge in [0, 0.05) is 0 Å². The predicted octanol–water partition coefficient (Wildman–Crippen LogP) is 4.16. The number of hydrogen-bond acceptors (Lipinski definition) is 3. The smallest absolute Gasteiger partial charge is 0.435 e. The summed E-state index contributed by atoms with van der Waals surface area (Å²) in [5.41, 5.74) is 0. The molecule has 0 saturated carbocycles. The van der Waals surface area contributed by atoms with Crippen molar-refractivity contribution in [1.82, 2.24) is 0 Å². The van der Waals surface area contributed by atoms with Crippen molar-refractivity contribution in [2.75, 3.05) is 13.2 Å². The molecule has 0 spiro atoms. The maximum Gasteiger partial charge on any atom is 0.508 e. The molecule has 15 heavy (non-hydrogen) atoms. The van der Waals surface area contributed by atoms with Crippen molar-refractivity contribution in [3.05, 3.63) is 0 Å². The molecular formula is C12H26O3. The van der Waals surface area contributed by atoms with Gasteiger partial charge in [-0.05, 0) is 13.8 Å². The van der Waals surface area contributed by atoms with Crippen LogP contribution in [0.5, 0.6) is 0 Å². The SMILES string of the molecule is CCCCCCC.CCOC(=O)OCC. The lowest BCUT2D eigenvalue weighted by molar-refractivity contribution is 0.0630. The second-order valence-electron chi connectivity index (χ2n) is 3.18. The Morgan fingerprint density at radius 2 is 1.20 bits per heavy atom. The van der Waals surface area contributed by atoms with Gasteiger partial charge in [-0.25, -0.2) is 4.79 Å². The first kappa shape index (κ1) is 16.7. The van der Waals surface area contributed by atoms with Crippen molar-refractivity contribution in [2.24, 2.45) is 0 Å². The normalized spacial score (nSPS) is 8.80. The van der Waals surface area contributed by atoms with Crippen LogP contribution >= 0.6 is 0 Å². The molecule has 3 heteroatoms. The third-order valence-electron chi connectivity index (χ3n) is 1.73. The Morgan fingerprint density at radius 1 is 0.800 bits per heavy atom. The Bertz CT molecular complexity index is 112. The topological polar surface area (TPSA) is 35.5 Å². The maximum absolute atomic E-state index is 10.2. The first-order valence-electron chi connectivity index (χ1n) is 6.02. The van der Waals surface area contributed by atoms with E-state index in [0.717, 1.165) is 0 Å². The summed E-state index contributed by atoms with van der Waals surface area (Å²) in [4.78, 5) is 10.2. The molecule has 0 saturated heterocycles. The average molecular weight is 218 g/mol. The number of unbranched alkanes of at least 4 members (excludes halogenated alkanes) is 4. The zero-order valence-corrected chi connectivity index (χ0v) is 10.7. The molecule has 0 fully saturated rings. The second kappa shape index (κ2) is 15.7. The number of ether oxygens (including phenoxy) is 2. The van der Waals surface area contributed by atoms with E-state index in [1.165, 1.54) is 32.1 Å². The fraction of sp³-hybridized carbons (Fsp3) is 0.917. The number of rotatable bonds is 6. The third-order valence-corrected chi connectivity index (χ3v) is 1.73. The molecule has 0 heterocycles. The highest BCUT2D eigenvalue weighted by Gasteiger charge is 1.96. The molecule has 0 aromatic rings. The zero-order valence-electron chi connectivity index (χ0n) is 10.7. The molecule has 0 aliphatic rings. The highest BCUT2D eigenvalue weighted by Crippen LogP contribution is 2.00. The number of carbonyl (C=O) groups is 1. The van der Waals surface area contributed by atoms with Gasteiger partial charge < -0.3 is 9.47 Å². The minimum atomic E-state index is -0.588. The van der Waals surface area contributed by atoms with E-state index in [0.29, 0.717) is 13.2 Å². The summed E-state index contributed by atoms with van der Waals surface area (Å²) >= 11 is 0. The van der Waals surface area contributed by atoms with Gasteiger partial charge >= 0.3 is 6.16 Å². The minimum absolute atomic E-state index is 0.374. The van der Waals surface area contributed by atoms with E-state index in [1.807, 2.05) is 0 Å². The molecule has 0 aliphatic heterocycles. The quantitative estimate of drug-likeness (QED) is 0.496. The standard InChI is InChI=1S/C7H16.C5H10O3/c1-3-5-7-6-4-2;1-3-7-5(6)8-4-2/h3-7H2,1-2H3;3-4H2,1-2H3. The van der Waals surface area contributed by atoms with Crippen LogP contribution in [0.25, 0.3) is 0 Å². The van der Waals surface area contributed by atoms with Gasteiger partial charge in [0.15, 0.2) is 0 Å². The van der Waals surface area contributed by atoms with Gasteiger partial charge in [-0.1, -0.05) is 46.0 Å². The molecule has 0 aromatic carbocycles. The van der Waals surface area contributed by atoms with Crippen LogP contribution in [0.15, 0.2) is 0 Å². The number of carbonyl (C=O) groups excluding carboxylic acids is 1. The van der Waals surface area contributed by atoms with Crippen LogP contribution in [0.2, 0.25) is 0 Å². The highest BCUT2D eigenvalue weighted by molar-refractivity contribution is 5.59. The van der Waals surface area contributed by atoms with Crippen LogP contribution in [0, 0.1) is 0 Å². The van der Waals surface area contributed by atoms with Crippen LogP contribution < -0.4 is 0 Å². The van der Waals surface area contributed by atoms with E-state index in [9.17, 15) is 4.79 Å². The van der Waals surface area contributed by atoms with Crippen LogP contribution in [-0.2, 0) is 9.47 Å². The van der Waals surface area contributed by atoms with E-state index < -0.39 is 6.16 Å². The summed E-state index contributed by atoms with van der Waals surface area (Å²) in [6.45, 7) is 8.71. The lowest BCUT2D eigenvalue weighted by Crippen LogP contribution is -2.05. The summed E-state index contributed by atoms with van der Waals surface area (Å²) < 4.78 is 8.84. The lowest BCUT2D eigenvalue weighted by Gasteiger charge is -1.98. The van der Waals surface area contributed by atoms with Crippen molar-refractivity contribution in [1.29, 1.82) is 0 Å². The fourth-order valence-corrected chi connectivity index (χ4v) is 0.954. The average Bonchev–Trinajstić information content (AvgIpc) is 2.20. The molecule has 92 valence electrons. The van der Waals surface area contributed by atoms with E-state index >= 15 is 0 Å². The van der Waals surface area contributed by atoms with Gasteiger partial charge in [-0.3, -0.25) is 0 Å². The van der Waals surface area contributed by atoms with Crippen molar-refractivity contribution in [3.63, 3.8) is 0 Å². The molecule has 0 bridgehead atoms. The van der Waals surface area contributed by atoms with E-state index in [4.69, 9.17) is 0 Å². The Labute approximate surface area is 94.1 Å². The van der Waals surface area contributed by atoms with Gasteiger partial charge in [0.25, 0.3) is 0 Å². The highest BCUT2D eigenvalue weighted by atomic mass is 16.7. The fourth-order valence-electron chi connectivity index (χ4n) is 0.954. The van der Waals surface area contributed by atoms with E-state index in [-0.39, 0.29) is 0 Å². The number of hydrogen-bond donors (Lipinski definition) is 0. The summed E-state index contributed by atoms with van der Waals surface area (Å²) in [6, 6.07) is 0. The molecule has 3 nitrogen and oxygen atoms in total. The van der Waals surface area contributed by atoms with Gasteiger partial charge in [0.2, 0.25) is 0 Å². The van der Waals surface area contributed by atoms with Gasteiger partial charge in [-0.15, -0.1) is 0 Å². The first-order chi connectivity index (χ1) is 7.22. The van der Waals surface area contributed by atoms with Crippen molar-refractivity contribution in [2.45, 2.75) is 59.8 Å². The largest absolute Gasteiger partial charge is 0.508 e. The van der Waals surface area contributed by atoms with Crippen molar-refractivity contribution >= 4 is 6.16 Å². The third kappa shape index (κ3) is 19.6. The molecular weight excluding hydrogens is 192 g/mol. The second-order valence-corrected chi connectivity index (χ2v) is 3.18. The molecule has 0 radical (unpaired) electrons. The minimum Gasteiger partial charge on any atom is -0.435 e. The Balaban J connectivity index is 0. The molecule has 0 aromatic heterocycles. The lowest BCUT2D eigenvalue weighted by atomic mass is 10.2. The van der Waals surface area contributed by atoms with Gasteiger partial charge in [-0.2, -0.15) is 0 Å². The first-order valence-corrected chi connectivity index (χ1v) is 6.02. The van der Waals surface area contributed by atoms with Gasteiger partial charge in [0.05, 0.1) is 13.2 Å². The molecule has 0 rings (SSSR count). The Kier molecular flexibility index (Phi) is 17.5. The van der Waals surface area contributed by atoms with Crippen molar-refractivity contribution < 1.29 is 14.3 Å². The summed E-state index contributed by atoms with van der Waals surface area (Å²) in [5, 5.41) is 0. The molecule has 0 N–H and O–H groups in total. The Morgan fingerprint density at radius 3 is 1.47 bits per heavy atom. The Hall–Kier alpha value is -0.730. The predicted molar refractivity (Wildman–Crippen MR) is 63.1 cm³/mol. The zero-order chi connectivity index (χ0) is 11.9.